The summed E-state index contributed by atoms with van der Waals surface area (Å²) in [6.45, 7) is 49.3. The van der Waals surface area contributed by atoms with Crippen molar-refractivity contribution in [1.82, 2.24) is 9.97 Å². The van der Waals surface area contributed by atoms with E-state index in [4.69, 9.17) is 17.7 Å². The van der Waals surface area contributed by atoms with Crippen LogP contribution in [0.25, 0.3) is 11.1 Å². The molecule has 0 aromatic carbocycles. The summed E-state index contributed by atoms with van der Waals surface area (Å²) in [6.07, 6.45) is 10.9. The lowest BCUT2D eigenvalue weighted by Gasteiger charge is -2.47. The van der Waals surface area contributed by atoms with Crippen LogP contribution in [0.5, 0.6) is 0 Å². The maximum atomic E-state index is 11.6. The van der Waals surface area contributed by atoms with Crippen molar-refractivity contribution in [2.75, 3.05) is 0 Å². The lowest BCUT2D eigenvalue weighted by Crippen LogP contribution is -2.54. The molecule has 2 aromatic heterocycles. The molecular weight excluding hydrogens is 873 g/mol. The number of nitro groups is 2. The Balaban J connectivity index is 0.000000340. The number of rotatable bonds is 12. The molecular formula is C48H84N4O8Si4. The summed E-state index contributed by atoms with van der Waals surface area (Å²) in [4.78, 5) is 30.5. The number of aromatic nitrogens is 2. The van der Waals surface area contributed by atoms with Crippen LogP contribution in [0.15, 0.2) is 49.1 Å². The van der Waals surface area contributed by atoms with Gasteiger partial charge in [-0.1, -0.05) is 109 Å². The summed E-state index contributed by atoms with van der Waals surface area (Å²) >= 11 is 0. The van der Waals surface area contributed by atoms with E-state index in [1.54, 1.807) is 24.5 Å². The fourth-order valence-electron chi connectivity index (χ4n) is 6.94. The maximum absolute atomic E-state index is 11.6. The van der Waals surface area contributed by atoms with Crippen LogP contribution in [0.4, 0.5) is 11.4 Å². The average molecular weight is 958 g/mol. The van der Waals surface area contributed by atoms with Crippen LogP contribution >= 0.6 is 0 Å². The highest BCUT2D eigenvalue weighted by molar-refractivity contribution is 6.75. The van der Waals surface area contributed by atoms with E-state index in [0.717, 1.165) is 11.1 Å². The maximum Gasteiger partial charge on any atom is 0.294 e. The molecule has 2 heterocycles. The molecule has 64 heavy (non-hydrogen) atoms. The van der Waals surface area contributed by atoms with Crippen LogP contribution in [-0.4, -0.2) is 77.5 Å². The lowest BCUT2D eigenvalue weighted by molar-refractivity contribution is -0.385. The number of hydrogen-bond donors (Lipinski definition) is 0. The van der Waals surface area contributed by atoms with E-state index in [9.17, 15) is 20.2 Å². The summed E-state index contributed by atoms with van der Waals surface area (Å²) in [7, 11) is -8.29. The van der Waals surface area contributed by atoms with Gasteiger partial charge in [0, 0.05) is 12.4 Å². The summed E-state index contributed by atoms with van der Waals surface area (Å²) in [5, 5.41) is 23.6. The SMILES string of the molecule is C[C@H]1CC(c2ccncc2[N+](=O)[O-])=C[C@@H](O[Si](C)(C)C(C)(C)C)C1O[Si](C)(C)C(C)(C)C.C[C@H]1CC(c2ccncc2[N+](=O)[O-])=C[C@H](O[Si](C)(C)C(C)(C)C)C1O[Si](C)(C)C(C)(C)C. The van der Waals surface area contributed by atoms with Gasteiger partial charge in [0.05, 0.1) is 45.4 Å². The van der Waals surface area contributed by atoms with Crippen molar-refractivity contribution in [3.63, 3.8) is 0 Å². The molecule has 0 fully saturated rings. The minimum absolute atomic E-state index is 0.0424. The molecule has 2 aromatic rings. The smallest absolute Gasteiger partial charge is 0.294 e. The Labute approximate surface area is 390 Å². The molecule has 16 heteroatoms. The van der Waals surface area contributed by atoms with E-state index in [1.807, 2.05) is 0 Å². The monoisotopic (exact) mass is 957 g/mol. The first-order chi connectivity index (χ1) is 28.7. The molecule has 0 saturated carbocycles. The minimum atomic E-state index is -2.11. The fourth-order valence-corrected chi connectivity index (χ4v) is 12.2. The van der Waals surface area contributed by atoms with Gasteiger partial charge in [0.15, 0.2) is 33.3 Å². The third kappa shape index (κ3) is 13.3. The molecule has 4 rings (SSSR count). The predicted octanol–water partition coefficient (Wildman–Crippen LogP) is 14.4. The van der Waals surface area contributed by atoms with Gasteiger partial charge in [-0.25, -0.2) is 0 Å². The van der Waals surface area contributed by atoms with Crippen molar-refractivity contribution < 1.29 is 27.6 Å². The second-order valence-corrected chi connectivity index (χ2v) is 43.4. The fraction of sp³-hybridized carbons (Fsp3) is 0.708. The highest BCUT2D eigenvalue weighted by Gasteiger charge is 2.49. The van der Waals surface area contributed by atoms with E-state index < -0.39 is 33.3 Å². The van der Waals surface area contributed by atoms with Crippen LogP contribution in [0, 0.1) is 32.1 Å². The van der Waals surface area contributed by atoms with Crippen LogP contribution in [-0.2, 0) is 17.7 Å². The highest BCUT2D eigenvalue weighted by Crippen LogP contribution is 2.47. The molecule has 0 amide bonds. The largest absolute Gasteiger partial charge is 0.411 e. The standard InChI is InChI=1S/2C24H42N2O4Si2/c2*1-17-14-18(19-12-13-25-16-20(19)26(27)28)15-21(29-31(8,9)23(2,3)4)22(17)30-32(10,11)24(5,6)7/h2*12-13,15-17,21-22H,14H2,1-11H3/t17-,21+,22?;17-,21-,22?/m00/s1. The Morgan fingerprint density at radius 1 is 0.516 bits per heavy atom. The molecule has 2 aliphatic rings. The summed E-state index contributed by atoms with van der Waals surface area (Å²) < 4.78 is 27.7. The molecule has 2 unspecified atom stereocenters. The van der Waals surface area contributed by atoms with Crippen molar-refractivity contribution in [1.29, 1.82) is 0 Å². The van der Waals surface area contributed by atoms with Gasteiger partial charge in [-0.05, 0) is 120 Å². The van der Waals surface area contributed by atoms with Crippen molar-refractivity contribution in [3.05, 3.63) is 80.4 Å². The van der Waals surface area contributed by atoms with E-state index in [2.05, 4.69) is 171 Å². The van der Waals surface area contributed by atoms with Gasteiger partial charge in [0.25, 0.3) is 11.4 Å². The van der Waals surface area contributed by atoms with Gasteiger partial charge in [0.2, 0.25) is 0 Å². The number of pyridine rings is 2. The summed E-state index contributed by atoms with van der Waals surface area (Å²) in [5.41, 5.74) is 3.25. The van der Waals surface area contributed by atoms with Gasteiger partial charge >= 0.3 is 0 Å². The average Bonchev–Trinajstić information content (AvgIpc) is 3.12. The predicted molar refractivity (Wildman–Crippen MR) is 274 cm³/mol. The van der Waals surface area contributed by atoms with Gasteiger partial charge < -0.3 is 17.7 Å². The lowest BCUT2D eigenvalue weighted by atomic mass is 9.83. The Morgan fingerprint density at radius 2 is 0.781 bits per heavy atom. The molecule has 0 aliphatic heterocycles. The highest BCUT2D eigenvalue weighted by atomic mass is 28.4. The molecule has 12 nitrogen and oxygen atoms in total. The third-order valence-corrected chi connectivity index (χ3v) is 33.1. The van der Waals surface area contributed by atoms with Crippen LogP contribution in [0.2, 0.25) is 72.5 Å². The third-order valence-electron chi connectivity index (χ3n) is 15.2. The van der Waals surface area contributed by atoms with Gasteiger partial charge in [-0.2, -0.15) is 0 Å². The van der Waals surface area contributed by atoms with Crippen LogP contribution in [0.3, 0.4) is 0 Å². The zero-order valence-corrected chi connectivity index (χ0v) is 47.6. The molecule has 360 valence electrons. The first-order valence-electron chi connectivity index (χ1n) is 23.0. The first kappa shape index (κ1) is 55.6. The van der Waals surface area contributed by atoms with E-state index in [-0.39, 0.29) is 77.6 Å². The van der Waals surface area contributed by atoms with E-state index in [1.165, 1.54) is 12.4 Å². The summed E-state index contributed by atoms with van der Waals surface area (Å²) in [6, 6.07) is 3.49. The molecule has 0 radical (unpaired) electrons. The van der Waals surface area contributed by atoms with E-state index >= 15 is 0 Å². The Morgan fingerprint density at radius 3 is 1.03 bits per heavy atom. The molecule has 6 atom stereocenters. The van der Waals surface area contributed by atoms with Crippen LogP contribution in [0.1, 0.15) is 121 Å². The van der Waals surface area contributed by atoms with Crippen molar-refractivity contribution >= 4 is 55.8 Å². The zero-order chi connectivity index (χ0) is 49.4. The Hall–Kier alpha value is -2.71. The number of hydrogen-bond acceptors (Lipinski definition) is 10. The van der Waals surface area contributed by atoms with Crippen molar-refractivity contribution in [2.45, 2.75) is 207 Å². The first-order valence-corrected chi connectivity index (χ1v) is 34.7. The van der Waals surface area contributed by atoms with Gasteiger partial charge in [-0.15, -0.1) is 0 Å². The molecule has 0 N–H and O–H groups in total. The van der Waals surface area contributed by atoms with Crippen LogP contribution < -0.4 is 0 Å². The van der Waals surface area contributed by atoms with Crippen molar-refractivity contribution in [3.8, 4) is 0 Å². The second kappa shape index (κ2) is 19.9. The normalized spacial score (nSPS) is 23.1. The summed E-state index contributed by atoms with van der Waals surface area (Å²) in [5.74, 6) is 0.346. The number of allylic oxidation sites excluding steroid dienone is 2. The second-order valence-electron chi connectivity index (χ2n) is 24.4. The van der Waals surface area contributed by atoms with Gasteiger partial charge in [0.1, 0.15) is 12.4 Å². The Bertz CT molecular complexity index is 1880. The number of nitrogens with zero attached hydrogens (tertiary/aromatic N) is 4. The molecule has 0 saturated heterocycles. The van der Waals surface area contributed by atoms with E-state index in [0.29, 0.717) is 24.0 Å². The quantitative estimate of drug-likeness (QED) is 0.114. The van der Waals surface area contributed by atoms with Gasteiger partial charge in [-0.3, -0.25) is 30.2 Å². The minimum Gasteiger partial charge on any atom is -0.411 e. The van der Waals surface area contributed by atoms with Crippen molar-refractivity contribution in [2.24, 2.45) is 11.8 Å². The Kier molecular flexibility index (Phi) is 17.3. The molecule has 0 spiro atoms. The molecule has 0 bridgehead atoms. The topological polar surface area (TPSA) is 149 Å². The molecule has 2 aliphatic carbocycles. The zero-order valence-electron chi connectivity index (χ0n) is 43.6.